The zero-order valence-electron chi connectivity index (χ0n) is 9.39. The molecule has 0 bridgehead atoms. The Morgan fingerprint density at radius 2 is 2.00 bits per heavy atom. The van der Waals surface area contributed by atoms with Gasteiger partial charge in [0.2, 0.25) is 0 Å². The quantitative estimate of drug-likeness (QED) is 0.519. The molecule has 0 aromatic heterocycles. The predicted molar refractivity (Wildman–Crippen MR) is 62.0 cm³/mol. The third kappa shape index (κ3) is 1.76. The molecule has 80 valence electrons. The van der Waals surface area contributed by atoms with Gasteiger partial charge in [0, 0.05) is 18.5 Å². The van der Waals surface area contributed by atoms with Gasteiger partial charge in [0.15, 0.2) is 0 Å². The number of rotatable bonds is 0. The van der Waals surface area contributed by atoms with Gasteiger partial charge in [0.1, 0.15) is 5.78 Å². The Hall–Kier alpha value is -1.31. The van der Waals surface area contributed by atoms with Crippen LogP contribution in [0.5, 0.6) is 0 Å². The first kappa shape index (κ1) is 10.2. The van der Waals surface area contributed by atoms with E-state index in [9.17, 15) is 4.79 Å². The van der Waals surface area contributed by atoms with Crippen LogP contribution in [0.3, 0.4) is 0 Å². The highest BCUT2D eigenvalue weighted by Gasteiger charge is 2.17. The molecule has 0 radical (unpaired) electrons. The Kier molecular flexibility index (Phi) is 2.51. The largest absolute Gasteiger partial charge is 0.398 e. The molecule has 0 saturated heterocycles. The van der Waals surface area contributed by atoms with Crippen molar-refractivity contribution in [3.05, 3.63) is 28.3 Å². The van der Waals surface area contributed by atoms with Gasteiger partial charge >= 0.3 is 0 Å². The molecule has 2 rings (SSSR count). The Balaban J connectivity index is 2.57. The van der Waals surface area contributed by atoms with Crippen molar-refractivity contribution in [3.8, 4) is 0 Å². The second kappa shape index (κ2) is 3.69. The molecule has 0 heterocycles. The summed E-state index contributed by atoms with van der Waals surface area (Å²) in [7, 11) is 0. The lowest BCUT2D eigenvalue weighted by Crippen LogP contribution is -2.04. The number of carbonyl (C=O) groups is 1. The van der Waals surface area contributed by atoms with Crippen LogP contribution in [-0.4, -0.2) is 5.78 Å². The number of hydrogen-bond donors (Lipinski definition) is 1. The minimum atomic E-state index is 0.359. The molecule has 0 spiro atoms. The van der Waals surface area contributed by atoms with E-state index in [0.29, 0.717) is 18.6 Å². The number of Topliss-reactive ketones (excluding diaryl/α,β-unsaturated/α-hetero) is 1. The SMILES string of the molecule is Cc1cc2c(c(C)c1N)CCCC(=O)C2. The number of nitrogen functional groups attached to an aromatic ring is 1. The van der Waals surface area contributed by atoms with E-state index in [1.807, 2.05) is 6.92 Å². The molecule has 0 fully saturated rings. The zero-order chi connectivity index (χ0) is 11.0. The van der Waals surface area contributed by atoms with Crippen LogP contribution in [0.2, 0.25) is 0 Å². The van der Waals surface area contributed by atoms with E-state index in [2.05, 4.69) is 13.0 Å². The highest BCUT2D eigenvalue weighted by molar-refractivity contribution is 5.82. The van der Waals surface area contributed by atoms with Crippen LogP contribution in [-0.2, 0) is 17.6 Å². The van der Waals surface area contributed by atoms with Crippen LogP contribution in [0.4, 0.5) is 5.69 Å². The monoisotopic (exact) mass is 203 g/mol. The molecule has 1 aromatic rings. The third-order valence-corrected chi connectivity index (χ3v) is 3.33. The number of aryl methyl sites for hydroxylation is 1. The average Bonchev–Trinajstić information content (AvgIpc) is 2.36. The van der Waals surface area contributed by atoms with Crippen LogP contribution in [0, 0.1) is 13.8 Å². The van der Waals surface area contributed by atoms with Crippen LogP contribution < -0.4 is 5.73 Å². The lowest BCUT2D eigenvalue weighted by Gasteiger charge is -2.14. The third-order valence-electron chi connectivity index (χ3n) is 3.33. The number of ketones is 1. The Labute approximate surface area is 90.5 Å². The Morgan fingerprint density at radius 1 is 1.27 bits per heavy atom. The van der Waals surface area contributed by atoms with Gasteiger partial charge in [-0.3, -0.25) is 4.79 Å². The van der Waals surface area contributed by atoms with Crippen molar-refractivity contribution in [1.29, 1.82) is 0 Å². The molecule has 0 amide bonds. The number of benzene rings is 1. The first-order chi connectivity index (χ1) is 7.09. The fraction of sp³-hybridized carbons (Fsp3) is 0.462. The molecule has 1 aliphatic carbocycles. The standard InChI is InChI=1S/C13H17NO/c1-8-6-10-7-11(15)4-3-5-12(10)9(2)13(8)14/h6H,3-5,7,14H2,1-2H3. The second-order valence-corrected chi connectivity index (χ2v) is 4.44. The van der Waals surface area contributed by atoms with Gasteiger partial charge in [-0.05, 0) is 48.9 Å². The van der Waals surface area contributed by atoms with E-state index < -0.39 is 0 Å². The highest BCUT2D eigenvalue weighted by Crippen LogP contribution is 2.28. The first-order valence-electron chi connectivity index (χ1n) is 5.48. The summed E-state index contributed by atoms with van der Waals surface area (Å²) < 4.78 is 0. The molecule has 1 aliphatic rings. The van der Waals surface area contributed by atoms with Gasteiger partial charge in [-0.25, -0.2) is 0 Å². The van der Waals surface area contributed by atoms with E-state index in [4.69, 9.17) is 5.73 Å². The van der Waals surface area contributed by atoms with Crippen molar-refractivity contribution in [3.63, 3.8) is 0 Å². The summed E-state index contributed by atoms with van der Waals surface area (Å²) in [6.45, 7) is 4.08. The van der Waals surface area contributed by atoms with Crippen molar-refractivity contribution < 1.29 is 4.79 Å². The maximum absolute atomic E-state index is 11.5. The van der Waals surface area contributed by atoms with Gasteiger partial charge in [-0.1, -0.05) is 6.07 Å². The maximum atomic E-state index is 11.5. The molecular formula is C13H17NO. The van der Waals surface area contributed by atoms with Crippen molar-refractivity contribution in [2.75, 3.05) is 5.73 Å². The van der Waals surface area contributed by atoms with Crippen molar-refractivity contribution >= 4 is 11.5 Å². The summed E-state index contributed by atoms with van der Waals surface area (Å²) in [6.07, 6.45) is 3.27. The normalized spacial score (nSPS) is 16.0. The number of hydrogen-bond acceptors (Lipinski definition) is 2. The van der Waals surface area contributed by atoms with E-state index in [-0.39, 0.29) is 0 Å². The summed E-state index contributed by atoms with van der Waals surface area (Å²) in [5, 5.41) is 0. The maximum Gasteiger partial charge on any atom is 0.137 e. The van der Waals surface area contributed by atoms with Crippen molar-refractivity contribution in [1.82, 2.24) is 0 Å². The smallest absolute Gasteiger partial charge is 0.137 e. The van der Waals surface area contributed by atoms with Crippen LogP contribution in [0.25, 0.3) is 0 Å². The molecule has 0 atom stereocenters. The van der Waals surface area contributed by atoms with E-state index in [1.54, 1.807) is 0 Å². The fourth-order valence-electron chi connectivity index (χ4n) is 2.39. The van der Waals surface area contributed by atoms with E-state index in [0.717, 1.165) is 24.1 Å². The number of anilines is 1. The second-order valence-electron chi connectivity index (χ2n) is 4.44. The number of nitrogens with two attached hydrogens (primary N) is 1. The van der Waals surface area contributed by atoms with Gasteiger partial charge in [0.05, 0.1) is 0 Å². The van der Waals surface area contributed by atoms with Gasteiger partial charge in [0.25, 0.3) is 0 Å². The summed E-state index contributed by atoms with van der Waals surface area (Å²) >= 11 is 0. The molecule has 2 N–H and O–H groups in total. The van der Waals surface area contributed by atoms with Gasteiger partial charge < -0.3 is 5.73 Å². The Bertz CT molecular complexity index is 421. The highest BCUT2D eigenvalue weighted by atomic mass is 16.1. The lowest BCUT2D eigenvalue weighted by molar-refractivity contribution is -0.118. The molecule has 0 unspecified atom stereocenters. The fourth-order valence-corrected chi connectivity index (χ4v) is 2.39. The average molecular weight is 203 g/mol. The van der Waals surface area contributed by atoms with Gasteiger partial charge in [-0.15, -0.1) is 0 Å². The Morgan fingerprint density at radius 3 is 2.73 bits per heavy atom. The van der Waals surface area contributed by atoms with Crippen molar-refractivity contribution in [2.24, 2.45) is 0 Å². The number of carbonyl (C=O) groups excluding carboxylic acids is 1. The molecule has 0 saturated carbocycles. The predicted octanol–water partition coefficient (Wildman–Crippen LogP) is 2.33. The first-order valence-corrected chi connectivity index (χ1v) is 5.48. The minimum absolute atomic E-state index is 0.359. The molecule has 1 aromatic carbocycles. The molecule has 0 aliphatic heterocycles. The number of fused-ring (bicyclic) bond motifs is 1. The van der Waals surface area contributed by atoms with Gasteiger partial charge in [-0.2, -0.15) is 0 Å². The molecule has 15 heavy (non-hydrogen) atoms. The summed E-state index contributed by atoms with van der Waals surface area (Å²) in [6, 6.07) is 2.08. The van der Waals surface area contributed by atoms with Crippen LogP contribution >= 0.6 is 0 Å². The zero-order valence-corrected chi connectivity index (χ0v) is 9.39. The van der Waals surface area contributed by atoms with Crippen LogP contribution in [0.15, 0.2) is 6.07 Å². The van der Waals surface area contributed by atoms with Crippen molar-refractivity contribution in [2.45, 2.75) is 39.5 Å². The molecular weight excluding hydrogens is 186 g/mol. The molecule has 2 heteroatoms. The van der Waals surface area contributed by atoms with Crippen LogP contribution in [0.1, 0.15) is 35.1 Å². The molecule has 2 nitrogen and oxygen atoms in total. The summed E-state index contributed by atoms with van der Waals surface area (Å²) in [5.41, 5.74) is 11.7. The summed E-state index contributed by atoms with van der Waals surface area (Å²) in [5.74, 6) is 0.359. The minimum Gasteiger partial charge on any atom is -0.398 e. The van der Waals surface area contributed by atoms with E-state index >= 15 is 0 Å². The van der Waals surface area contributed by atoms with E-state index in [1.165, 1.54) is 16.7 Å². The summed E-state index contributed by atoms with van der Waals surface area (Å²) in [4.78, 5) is 11.5. The lowest BCUT2D eigenvalue weighted by atomic mass is 9.93. The topological polar surface area (TPSA) is 43.1 Å².